The number of hydrazine groups is 1. The molecule has 1 aromatic carbocycles. The second-order valence-electron chi connectivity index (χ2n) is 6.14. The Kier molecular flexibility index (Phi) is 4.53. The number of hydrogen-bond acceptors (Lipinski definition) is 6. The van der Waals surface area contributed by atoms with Crippen molar-refractivity contribution in [1.29, 1.82) is 0 Å². The van der Waals surface area contributed by atoms with Gasteiger partial charge in [-0.25, -0.2) is 8.42 Å². The van der Waals surface area contributed by atoms with Crippen molar-refractivity contribution < 1.29 is 8.42 Å². The normalized spacial score (nSPS) is 12.2. The first-order valence-electron chi connectivity index (χ1n) is 6.91. The molecule has 0 unspecified atom stereocenters. The molecule has 1 aromatic heterocycles. The second kappa shape index (κ2) is 6.09. The van der Waals surface area contributed by atoms with Crippen molar-refractivity contribution in [1.82, 2.24) is 20.0 Å². The van der Waals surface area contributed by atoms with E-state index in [2.05, 4.69) is 25.4 Å². The Morgan fingerprint density at radius 3 is 2.22 bits per heavy atom. The summed E-state index contributed by atoms with van der Waals surface area (Å²) in [6.07, 6.45) is 0. The molecular weight excluding hydrogens is 318 g/mol. The number of aryl methyl sites for hydroxylation is 1. The predicted octanol–water partition coefficient (Wildman–Crippen LogP) is 1.08. The monoisotopic (exact) mass is 337 g/mol. The van der Waals surface area contributed by atoms with Gasteiger partial charge in [0.25, 0.3) is 15.6 Å². The number of aromatic amines is 1. The second-order valence-corrected chi connectivity index (χ2v) is 7.83. The molecule has 0 fully saturated rings. The molecule has 8 nitrogen and oxygen atoms in total. The maximum Gasteiger partial charge on any atom is 0.274 e. The minimum atomic E-state index is -3.78. The van der Waals surface area contributed by atoms with Crippen LogP contribution in [0.25, 0.3) is 0 Å². The fraction of sp³-hybridized carbons (Fsp3) is 0.357. The van der Waals surface area contributed by atoms with Gasteiger partial charge in [-0.15, -0.1) is 15.0 Å². The highest BCUT2D eigenvalue weighted by molar-refractivity contribution is 7.89. The van der Waals surface area contributed by atoms with E-state index in [4.69, 9.17) is 0 Å². The summed E-state index contributed by atoms with van der Waals surface area (Å²) in [6, 6.07) is 6.34. The summed E-state index contributed by atoms with van der Waals surface area (Å²) in [7, 11) is -3.78. The molecule has 9 heteroatoms. The lowest BCUT2D eigenvalue weighted by Crippen LogP contribution is -2.34. The molecule has 0 atom stereocenters. The van der Waals surface area contributed by atoms with Crippen molar-refractivity contribution in [3.05, 3.63) is 45.9 Å². The molecule has 3 N–H and O–H groups in total. The summed E-state index contributed by atoms with van der Waals surface area (Å²) < 4.78 is 24.2. The molecule has 124 valence electrons. The van der Waals surface area contributed by atoms with Gasteiger partial charge in [0.05, 0.1) is 4.90 Å². The lowest BCUT2D eigenvalue weighted by Gasteiger charge is -2.15. The van der Waals surface area contributed by atoms with Gasteiger partial charge < -0.3 is 0 Å². The zero-order chi connectivity index (χ0) is 17.3. The molecule has 0 aliphatic rings. The molecule has 23 heavy (non-hydrogen) atoms. The van der Waals surface area contributed by atoms with Gasteiger partial charge in [-0.3, -0.25) is 15.2 Å². The predicted molar refractivity (Wildman–Crippen MR) is 86.5 cm³/mol. The molecule has 0 aliphatic heterocycles. The number of benzene rings is 1. The van der Waals surface area contributed by atoms with E-state index in [9.17, 15) is 13.2 Å². The van der Waals surface area contributed by atoms with E-state index >= 15 is 0 Å². The molecule has 0 aliphatic carbocycles. The third-order valence-corrected chi connectivity index (χ3v) is 4.31. The fourth-order valence-electron chi connectivity index (χ4n) is 1.78. The van der Waals surface area contributed by atoms with Crippen LogP contribution in [0, 0.1) is 6.92 Å². The zero-order valence-corrected chi connectivity index (χ0v) is 14.2. The third-order valence-electron chi connectivity index (χ3n) is 3.04. The largest absolute Gasteiger partial charge is 0.289 e. The highest BCUT2D eigenvalue weighted by Crippen LogP contribution is 2.15. The van der Waals surface area contributed by atoms with Crippen molar-refractivity contribution in [2.24, 2.45) is 0 Å². The summed E-state index contributed by atoms with van der Waals surface area (Å²) in [5.41, 5.74) is 2.68. The number of nitrogens with one attached hydrogen (secondary N) is 3. The molecule has 1 heterocycles. The Bertz CT molecular complexity index is 851. The first-order chi connectivity index (χ1) is 10.6. The van der Waals surface area contributed by atoms with Crippen LogP contribution in [0.3, 0.4) is 0 Å². The number of hydrogen-bond donors (Lipinski definition) is 3. The van der Waals surface area contributed by atoms with E-state index in [-0.39, 0.29) is 16.5 Å². The van der Waals surface area contributed by atoms with Gasteiger partial charge in [0.15, 0.2) is 0 Å². The first kappa shape index (κ1) is 17.1. The van der Waals surface area contributed by atoms with Crippen LogP contribution in [0.2, 0.25) is 0 Å². The number of sulfonamides is 1. The molecule has 0 bridgehead atoms. The Balaban J connectivity index is 2.16. The van der Waals surface area contributed by atoms with Crippen molar-refractivity contribution in [3.8, 4) is 0 Å². The van der Waals surface area contributed by atoms with Crippen molar-refractivity contribution >= 4 is 16.0 Å². The Morgan fingerprint density at radius 1 is 1.09 bits per heavy atom. The summed E-state index contributed by atoms with van der Waals surface area (Å²) in [6.45, 7) is 7.36. The third kappa shape index (κ3) is 4.14. The first-order valence-corrected chi connectivity index (χ1v) is 8.40. The highest BCUT2D eigenvalue weighted by Gasteiger charge is 2.21. The molecule has 2 rings (SSSR count). The topological polar surface area (TPSA) is 117 Å². The maximum atomic E-state index is 12.1. The summed E-state index contributed by atoms with van der Waals surface area (Å²) in [5.74, 6) is -0.0845. The van der Waals surface area contributed by atoms with E-state index in [1.807, 2.05) is 27.7 Å². The number of anilines is 1. The van der Waals surface area contributed by atoms with Crippen molar-refractivity contribution in [2.75, 3.05) is 5.43 Å². The molecule has 2 aromatic rings. The van der Waals surface area contributed by atoms with Crippen LogP contribution in [0.5, 0.6) is 0 Å². The van der Waals surface area contributed by atoms with Gasteiger partial charge in [-0.2, -0.15) is 0 Å². The van der Waals surface area contributed by atoms with Gasteiger partial charge >= 0.3 is 0 Å². The maximum absolute atomic E-state index is 12.1. The lowest BCUT2D eigenvalue weighted by molar-refractivity contribution is 0.546. The number of aromatic nitrogens is 3. The van der Waals surface area contributed by atoms with Crippen LogP contribution >= 0.6 is 0 Å². The van der Waals surface area contributed by atoms with E-state index < -0.39 is 21.0 Å². The minimum absolute atomic E-state index is 0.0845. The average molecular weight is 337 g/mol. The van der Waals surface area contributed by atoms with Crippen LogP contribution in [0.1, 0.15) is 32.0 Å². The Morgan fingerprint density at radius 2 is 1.70 bits per heavy atom. The van der Waals surface area contributed by atoms with Crippen LogP contribution in [0.15, 0.2) is 34.0 Å². The van der Waals surface area contributed by atoms with Gasteiger partial charge in [0, 0.05) is 5.41 Å². The minimum Gasteiger partial charge on any atom is -0.289 e. The van der Waals surface area contributed by atoms with Crippen LogP contribution in [0.4, 0.5) is 5.95 Å². The number of H-pyrrole nitrogens is 1. The zero-order valence-electron chi connectivity index (χ0n) is 13.3. The summed E-state index contributed by atoms with van der Waals surface area (Å²) in [5, 5.41) is 7.62. The van der Waals surface area contributed by atoms with Crippen molar-refractivity contribution in [2.45, 2.75) is 38.0 Å². The smallest absolute Gasteiger partial charge is 0.274 e. The summed E-state index contributed by atoms with van der Waals surface area (Å²) in [4.78, 5) is 16.6. The van der Waals surface area contributed by atoms with Gasteiger partial charge in [0.1, 0.15) is 5.69 Å². The van der Waals surface area contributed by atoms with E-state index in [1.54, 1.807) is 12.1 Å². The van der Waals surface area contributed by atoms with Crippen molar-refractivity contribution in [3.63, 3.8) is 0 Å². The lowest BCUT2D eigenvalue weighted by atomic mass is 9.93. The molecule has 0 radical (unpaired) electrons. The van der Waals surface area contributed by atoms with E-state index in [0.29, 0.717) is 0 Å². The van der Waals surface area contributed by atoms with Gasteiger partial charge in [0.2, 0.25) is 5.95 Å². The van der Waals surface area contributed by atoms with E-state index in [0.717, 1.165) is 5.56 Å². The van der Waals surface area contributed by atoms with Crippen LogP contribution in [-0.4, -0.2) is 23.6 Å². The molecule has 0 spiro atoms. The number of rotatable bonds is 4. The Hall–Kier alpha value is -2.26. The SMILES string of the molecule is Cc1ccc(S(=O)(=O)NNc2nnc(C(C)(C)C)c(=O)[nH]2)cc1. The van der Waals surface area contributed by atoms with Gasteiger partial charge in [-0.1, -0.05) is 38.5 Å². The standard InChI is InChI=1S/C14H19N5O3S/c1-9-5-7-10(8-6-9)23(21,22)19-18-13-15-12(20)11(16-17-13)14(2,3)4/h5-8,19H,1-4H3,(H2,15,17,18,20). The molecule has 0 saturated heterocycles. The molecule has 0 saturated carbocycles. The molecule has 0 amide bonds. The highest BCUT2D eigenvalue weighted by atomic mass is 32.2. The van der Waals surface area contributed by atoms with Gasteiger partial charge in [-0.05, 0) is 19.1 Å². The number of nitrogens with zero attached hydrogens (tertiary/aromatic N) is 2. The Labute approximate surface area is 134 Å². The fourth-order valence-corrected chi connectivity index (χ4v) is 2.62. The van der Waals surface area contributed by atoms with Crippen LogP contribution < -0.4 is 15.8 Å². The quantitative estimate of drug-likeness (QED) is 0.719. The average Bonchev–Trinajstić information content (AvgIpc) is 2.44. The summed E-state index contributed by atoms with van der Waals surface area (Å²) >= 11 is 0. The van der Waals surface area contributed by atoms with Crippen LogP contribution in [-0.2, 0) is 15.4 Å². The van der Waals surface area contributed by atoms with E-state index in [1.165, 1.54) is 12.1 Å². The molecular formula is C14H19N5O3S.